The largest absolute Gasteiger partial charge is 0.399 e. The Morgan fingerprint density at radius 3 is 2.36 bits per heavy atom. The van der Waals surface area contributed by atoms with Gasteiger partial charge >= 0.3 is 0 Å². The van der Waals surface area contributed by atoms with Crippen LogP contribution in [-0.2, 0) is 0 Å². The molecule has 3 unspecified atom stereocenters. The van der Waals surface area contributed by atoms with Gasteiger partial charge < -0.3 is 5.73 Å². The van der Waals surface area contributed by atoms with Crippen LogP contribution in [0.5, 0.6) is 0 Å². The average Bonchev–Trinajstić information content (AvgIpc) is 2.80. The minimum Gasteiger partial charge on any atom is -0.399 e. The van der Waals surface area contributed by atoms with E-state index >= 15 is 0 Å². The molecule has 0 saturated heterocycles. The Labute approximate surface area is 85.3 Å². The first kappa shape index (κ1) is 8.34. The van der Waals surface area contributed by atoms with E-state index in [9.17, 15) is 0 Å². The van der Waals surface area contributed by atoms with Crippen LogP contribution in [0.3, 0.4) is 0 Å². The molecule has 0 spiro atoms. The van der Waals surface area contributed by atoms with Gasteiger partial charge in [0.15, 0.2) is 0 Å². The van der Waals surface area contributed by atoms with Crippen LogP contribution < -0.4 is 5.73 Å². The molecule has 2 saturated carbocycles. The molecule has 74 valence electrons. The van der Waals surface area contributed by atoms with Crippen molar-refractivity contribution in [3.05, 3.63) is 29.8 Å². The quantitative estimate of drug-likeness (QED) is 0.671. The van der Waals surface area contributed by atoms with E-state index in [0.717, 1.165) is 23.4 Å². The third-order valence-corrected chi connectivity index (χ3v) is 4.10. The van der Waals surface area contributed by atoms with Crippen molar-refractivity contribution in [2.75, 3.05) is 5.73 Å². The molecule has 0 amide bonds. The zero-order valence-electron chi connectivity index (χ0n) is 8.45. The number of anilines is 1. The second-order valence-electron chi connectivity index (χ2n) is 4.95. The van der Waals surface area contributed by atoms with Crippen LogP contribution in [0.2, 0.25) is 0 Å². The highest BCUT2D eigenvalue weighted by molar-refractivity contribution is 5.40. The van der Waals surface area contributed by atoms with Gasteiger partial charge in [-0.2, -0.15) is 0 Å². The fraction of sp³-hybridized carbons (Fsp3) is 0.538. The molecular weight excluding hydrogens is 170 g/mol. The van der Waals surface area contributed by atoms with Crippen LogP contribution in [-0.4, -0.2) is 0 Å². The third-order valence-electron chi connectivity index (χ3n) is 4.10. The van der Waals surface area contributed by atoms with Gasteiger partial charge in [0.1, 0.15) is 0 Å². The van der Waals surface area contributed by atoms with Crippen LogP contribution in [0, 0.1) is 11.8 Å². The fourth-order valence-corrected chi connectivity index (χ4v) is 3.40. The molecular formula is C13H17N. The summed E-state index contributed by atoms with van der Waals surface area (Å²) in [5.41, 5.74) is 8.11. The summed E-state index contributed by atoms with van der Waals surface area (Å²) in [7, 11) is 0. The molecule has 0 aromatic heterocycles. The summed E-state index contributed by atoms with van der Waals surface area (Å²) in [6.07, 6.45) is 5.85. The smallest absolute Gasteiger partial charge is 0.0314 e. The van der Waals surface area contributed by atoms with Crippen LogP contribution in [0.1, 0.15) is 37.2 Å². The van der Waals surface area contributed by atoms with Gasteiger partial charge in [0, 0.05) is 5.69 Å². The molecule has 3 atom stereocenters. The maximum absolute atomic E-state index is 5.70. The number of rotatable bonds is 1. The number of benzene rings is 1. The van der Waals surface area contributed by atoms with Gasteiger partial charge in [-0.15, -0.1) is 0 Å². The van der Waals surface area contributed by atoms with E-state index in [1.54, 1.807) is 0 Å². The number of nitrogen functional groups attached to an aromatic ring is 1. The molecule has 0 radical (unpaired) electrons. The first-order valence-electron chi connectivity index (χ1n) is 5.68. The Balaban J connectivity index is 1.86. The lowest BCUT2D eigenvalue weighted by Gasteiger charge is -2.21. The zero-order chi connectivity index (χ0) is 9.54. The van der Waals surface area contributed by atoms with E-state index in [1.165, 1.54) is 31.2 Å². The summed E-state index contributed by atoms with van der Waals surface area (Å²) < 4.78 is 0. The van der Waals surface area contributed by atoms with Gasteiger partial charge in [-0.3, -0.25) is 0 Å². The van der Waals surface area contributed by atoms with Crippen LogP contribution in [0.25, 0.3) is 0 Å². The van der Waals surface area contributed by atoms with Crippen molar-refractivity contribution in [2.45, 2.75) is 31.6 Å². The minimum absolute atomic E-state index is 0.842. The summed E-state index contributed by atoms with van der Waals surface area (Å²) in [4.78, 5) is 0. The molecule has 0 heterocycles. The summed E-state index contributed by atoms with van der Waals surface area (Å²) in [6.45, 7) is 0. The third kappa shape index (κ3) is 1.23. The van der Waals surface area contributed by atoms with Gasteiger partial charge in [0.2, 0.25) is 0 Å². The van der Waals surface area contributed by atoms with Crippen molar-refractivity contribution in [1.29, 1.82) is 0 Å². The van der Waals surface area contributed by atoms with Crippen LogP contribution >= 0.6 is 0 Å². The molecule has 2 N–H and O–H groups in total. The SMILES string of the molecule is Nc1ccc(C2CC3CCC2C3)cc1. The first-order chi connectivity index (χ1) is 6.83. The van der Waals surface area contributed by atoms with E-state index < -0.39 is 0 Å². The maximum Gasteiger partial charge on any atom is 0.0314 e. The minimum atomic E-state index is 0.842. The fourth-order valence-electron chi connectivity index (χ4n) is 3.40. The van der Waals surface area contributed by atoms with E-state index in [4.69, 9.17) is 5.73 Å². The lowest BCUT2D eigenvalue weighted by Crippen LogP contribution is -2.08. The predicted octanol–water partition coefficient (Wildman–Crippen LogP) is 3.17. The number of hydrogen-bond acceptors (Lipinski definition) is 1. The summed E-state index contributed by atoms with van der Waals surface area (Å²) in [5.74, 6) is 2.85. The molecule has 2 aliphatic carbocycles. The summed E-state index contributed by atoms with van der Waals surface area (Å²) >= 11 is 0. The highest BCUT2D eigenvalue weighted by Gasteiger charge is 2.39. The average molecular weight is 187 g/mol. The summed E-state index contributed by atoms with van der Waals surface area (Å²) in [6, 6.07) is 8.53. The lowest BCUT2D eigenvalue weighted by molar-refractivity contribution is 0.420. The van der Waals surface area contributed by atoms with Crippen molar-refractivity contribution in [1.82, 2.24) is 0 Å². The first-order valence-corrected chi connectivity index (χ1v) is 5.68. The lowest BCUT2D eigenvalue weighted by atomic mass is 9.83. The Morgan fingerprint density at radius 1 is 1.00 bits per heavy atom. The van der Waals surface area contributed by atoms with Crippen LogP contribution in [0.15, 0.2) is 24.3 Å². The Kier molecular flexibility index (Phi) is 1.79. The van der Waals surface area contributed by atoms with E-state index in [2.05, 4.69) is 12.1 Å². The van der Waals surface area contributed by atoms with Crippen molar-refractivity contribution < 1.29 is 0 Å². The summed E-state index contributed by atoms with van der Waals surface area (Å²) in [5, 5.41) is 0. The molecule has 2 aliphatic rings. The van der Waals surface area contributed by atoms with Crippen molar-refractivity contribution in [3.63, 3.8) is 0 Å². The molecule has 1 nitrogen and oxygen atoms in total. The second kappa shape index (κ2) is 3.01. The Morgan fingerprint density at radius 2 is 1.79 bits per heavy atom. The topological polar surface area (TPSA) is 26.0 Å². The molecule has 14 heavy (non-hydrogen) atoms. The highest BCUT2D eigenvalue weighted by atomic mass is 14.5. The molecule has 1 aromatic carbocycles. The Hall–Kier alpha value is -0.980. The molecule has 3 rings (SSSR count). The van der Waals surface area contributed by atoms with Crippen molar-refractivity contribution in [3.8, 4) is 0 Å². The number of fused-ring (bicyclic) bond motifs is 2. The van der Waals surface area contributed by atoms with Crippen molar-refractivity contribution >= 4 is 5.69 Å². The molecule has 1 aromatic rings. The predicted molar refractivity (Wildman–Crippen MR) is 59.0 cm³/mol. The van der Waals surface area contributed by atoms with Crippen molar-refractivity contribution in [2.24, 2.45) is 11.8 Å². The normalized spacial score (nSPS) is 35.0. The van der Waals surface area contributed by atoms with Gasteiger partial charge in [-0.25, -0.2) is 0 Å². The van der Waals surface area contributed by atoms with Crippen LogP contribution in [0.4, 0.5) is 5.69 Å². The van der Waals surface area contributed by atoms with Gasteiger partial charge in [-0.05, 0) is 54.7 Å². The van der Waals surface area contributed by atoms with E-state index in [-0.39, 0.29) is 0 Å². The van der Waals surface area contributed by atoms with Gasteiger partial charge in [-0.1, -0.05) is 18.6 Å². The highest BCUT2D eigenvalue weighted by Crippen LogP contribution is 2.52. The Bertz CT molecular complexity index is 328. The van der Waals surface area contributed by atoms with Gasteiger partial charge in [0.05, 0.1) is 0 Å². The number of nitrogens with two attached hydrogens (primary N) is 1. The number of hydrogen-bond donors (Lipinski definition) is 1. The second-order valence-corrected chi connectivity index (χ2v) is 4.95. The van der Waals surface area contributed by atoms with E-state index in [1.807, 2.05) is 12.1 Å². The maximum atomic E-state index is 5.70. The molecule has 2 fully saturated rings. The molecule has 2 bridgehead atoms. The van der Waals surface area contributed by atoms with Gasteiger partial charge in [0.25, 0.3) is 0 Å². The standard InChI is InChI=1S/C13H17N/c14-12-5-3-10(4-6-12)13-8-9-1-2-11(13)7-9/h3-6,9,11,13H,1-2,7-8,14H2. The molecule has 0 aliphatic heterocycles. The monoisotopic (exact) mass is 187 g/mol. The van der Waals surface area contributed by atoms with E-state index in [0.29, 0.717) is 0 Å². The molecule has 1 heteroatoms. The zero-order valence-corrected chi connectivity index (χ0v) is 8.45.